The highest BCUT2D eigenvalue weighted by Gasteiger charge is 2.00. The van der Waals surface area contributed by atoms with Gasteiger partial charge in [0.05, 0.1) is 6.10 Å². The Morgan fingerprint density at radius 3 is 2.70 bits per heavy atom. The van der Waals surface area contributed by atoms with Gasteiger partial charge in [-0.3, -0.25) is 0 Å². The largest absolute Gasteiger partial charge is 0.392 e. The zero-order valence-corrected chi connectivity index (χ0v) is 6.80. The smallest absolute Gasteiger partial charge is 0.0662 e. The first kappa shape index (κ1) is 9.66. The van der Waals surface area contributed by atoms with Gasteiger partial charge in [-0.2, -0.15) is 0 Å². The maximum absolute atomic E-state index is 9.11. The van der Waals surface area contributed by atoms with E-state index < -0.39 is 0 Å². The average molecular weight is 143 g/mol. The van der Waals surface area contributed by atoms with Gasteiger partial charge in [0.15, 0.2) is 0 Å². The Morgan fingerprint density at radius 1 is 1.70 bits per heavy atom. The van der Waals surface area contributed by atoms with E-state index >= 15 is 0 Å². The molecular weight excluding hydrogens is 126 g/mol. The van der Waals surface area contributed by atoms with E-state index in [4.69, 9.17) is 5.11 Å². The van der Waals surface area contributed by atoms with Gasteiger partial charge in [0.1, 0.15) is 0 Å². The van der Waals surface area contributed by atoms with Crippen LogP contribution in [0.15, 0.2) is 12.7 Å². The first-order valence-corrected chi connectivity index (χ1v) is 3.74. The Kier molecular flexibility index (Phi) is 5.26. The van der Waals surface area contributed by atoms with Crippen LogP contribution in [-0.4, -0.2) is 23.8 Å². The number of nitrogens with one attached hydrogen (secondary N) is 1. The van der Waals surface area contributed by atoms with Gasteiger partial charge in [-0.15, -0.1) is 6.58 Å². The second-order valence-electron chi connectivity index (χ2n) is 2.49. The van der Waals surface area contributed by atoms with Crippen molar-refractivity contribution in [1.29, 1.82) is 0 Å². The predicted molar refractivity (Wildman–Crippen MR) is 44.0 cm³/mol. The van der Waals surface area contributed by atoms with Crippen LogP contribution in [0.5, 0.6) is 0 Å². The number of rotatable bonds is 5. The van der Waals surface area contributed by atoms with Crippen LogP contribution in [0.1, 0.15) is 20.3 Å². The molecule has 0 aromatic carbocycles. The molecule has 0 rings (SSSR count). The van der Waals surface area contributed by atoms with Crippen molar-refractivity contribution in [1.82, 2.24) is 5.32 Å². The minimum Gasteiger partial charge on any atom is -0.392 e. The maximum atomic E-state index is 9.11. The summed E-state index contributed by atoms with van der Waals surface area (Å²) in [6, 6.07) is 0.293. The fraction of sp³-hybridized carbons (Fsp3) is 0.750. The molecule has 60 valence electrons. The zero-order chi connectivity index (χ0) is 7.98. The van der Waals surface area contributed by atoms with Crippen LogP contribution < -0.4 is 5.32 Å². The summed E-state index contributed by atoms with van der Waals surface area (Å²) in [7, 11) is 0. The molecule has 0 saturated carbocycles. The molecule has 0 amide bonds. The molecule has 0 heterocycles. The second kappa shape index (κ2) is 5.45. The molecule has 0 bridgehead atoms. The van der Waals surface area contributed by atoms with Crippen molar-refractivity contribution in [2.45, 2.75) is 32.4 Å². The Bertz CT molecular complexity index is 93.3. The number of aliphatic hydroxyl groups excluding tert-OH is 1. The molecule has 0 fully saturated rings. The van der Waals surface area contributed by atoms with E-state index in [9.17, 15) is 0 Å². The highest BCUT2D eigenvalue weighted by molar-refractivity contribution is 4.81. The molecule has 0 radical (unpaired) electrons. The molecule has 0 aliphatic rings. The van der Waals surface area contributed by atoms with E-state index in [1.807, 2.05) is 19.9 Å². The number of hydrogen-bond acceptors (Lipinski definition) is 2. The van der Waals surface area contributed by atoms with Crippen LogP contribution in [0.2, 0.25) is 0 Å². The van der Waals surface area contributed by atoms with E-state index in [0.717, 1.165) is 6.42 Å². The highest BCUT2D eigenvalue weighted by Crippen LogP contribution is 1.88. The van der Waals surface area contributed by atoms with Crippen LogP contribution in [-0.2, 0) is 0 Å². The summed E-state index contributed by atoms with van der Waals surface area (Å²) in [5.74, 6) is 0. The van der Waals surface area contributed by atoms with Crippen LogP contribution in [0, 0.1) is 0 Å². The standard InChI is InChI=1S/C8H17NO/c1-4-7(3)9-6-8(10)5-2/h4,7-10H,1,5-6H2,2-3H3. The SMILES string of the molecule is C=CC(C)NCC(O)CC. The number of aliphatic hydroxyl groups is 1. The maximum Gasteiger partial charge on any atom is 0.0662 e. The lowest BCUT2D eigenvalue weighted by atomic mass is 10.2. The van der Waals surface area contributed by atoms with Gasteiger partial charge < -0.3 is 10.4 Å². The van der Waals surface area contributed by atoms with Crippen molar-refractivity contribution in [3.63, 3.8) is 0 Å². The molecule has 0 aromatic rings. The third-order valence-corrected chi connectivity index (χ3v) is 1.50. The van der Waals surface area contributed by atoms with Gasteiger partial charge >= 0.3 is 0 Å². The molecule has 2 heteroatoms. The quantitative estimate of drug-likeness (QED) is 0.561. The molecule has 2 nitrogen and oxygen atoms in total. The Balaban J connectivity index is 3.25. The molecule has 2 N–H and O–H groups in total. The van der Waals surface area contributed by atoms with Crippen molar-refractivity contribution in [2.24, 2.45) is 0 Å². The lowest BCUT2D eigenvalue weighted by Crippen LogP contribution is -2.31. The molecule has 2 unspecified atom stereocenters. The summed E-state index contributed by atoms with van der Waals surface area (Å²) >= 11 is 0. The summed E-state index contributed by atoms with van der Waals surface area (Å²) in [5.41, 5.74) is 0. The average Bonchev–Trinajstić information content (AvgIpc) is 1.99. The van der Waals surface area contributed by atoms with E-state index in [0.29, 0.717) is 12.6 Å². The first-order valence-electron chi connectivity index (χ1n) is 3.74. The van der Waals surface area contributed by atoms with Crippen molar-refractivity contribution < 1.29 is 5.11 Å². The summed E-state index contributed by atoms with van der Waals surface area (Å²) < 4.78 is 0. The van der Waals surface area contributed by atoms with Crippen molar-refractivity contribution in [3.8, 4) is 0 Å². The van der Waals surface area contributed by atoms with Crippen LogP contribution in [0.25, 0.3) is 0 Å². The van der Waals surface area contributed by atoms with Gasteiger partial charge in [-0.1, -0.05) is 13.0 Å². The van der Waals surface area contributed by atoms with E-state index in [-0.39, 0.29) is 6.10 Å². The Hall–Kier alpha value is -0.340. The molecule has 0 aliphatic heterocycles. The Morgan fingerprint density at radius 2 is 2.30 bits per heavy atom. The van der Waals surface area contributed by atoms with Gasteiger partial charge in [0, 0.05) is 12.6 Å². The lowest BCUT2D eigenvalue weighted by Gasteiger charge is -2.12. The third kappa shape index (κ3) is 4.53. The summed E-state index contributed by atoms with van der Waals surface area (Å²) in [5, 5.41) is 12.2. The fourth-order valence-corrected chi connectivity index (χ4v) is 0.550. The van der Waals surface area contributed by atoms with Gasteiger partial charge in [0.25, 0.3) is 0 Å². The topological polar surface area (TPSA) is 32.3 Å². The van der Waals surface area contributed by atoms with Gasteiger partial charge in [-0.05, 0) is 13.3 Å². The summed E-state index contributed by atoms with van der Waals surface area (Å²) in [6.45, 7) is 8.25. The predicted octanol–water partition coefficient (Wildman–Crippen LogP) is 0.921. The normalized spacial score (nSPS) is 16.3. The van der Waals surface area contributed by atoms with Gasteiger partial charge in [0.2, 0.25) is 0 Å². The second-order valence-corrected chi connectivity index (χ2v) is 2.49. The minimum atomic E-state index is -0.220. The summed E-state index contributed by atoms with van der Waals surface area (Å²) in [4.78, 5) is 0. The monoisotopic (exact) mass is 143 g/mol. The van der Waals surface area contributed by atoms with Crippen LogP contribution in [0.4, 0.5) is 0 Å². The zero-order valence-electron chi connectivity index (χ0n) is 6.80. The van der Waals surface area contributed by atoms with E-state index in [1.54, 1.807) is 0 Å². The fourth-order valence-electron chi connectivity index (χ4n) is 0.550. The summed E-state index contributed by atoms with van der Waals surface area (Å²) in [6.07, 6.45) is 2.40. The van der Waals surface area contributed by atoms with E-state index in [1.165, 1.54) is 0 Å². The highest BCUT2D eigenvalue weighted by atomic mass is 16.3. The van der Waals surface area contributed by atoms with Crippen LogP contribution in [0.3, 0.4) is 0 Å². The Labute approximate surface area is 62.9 Å². The van der Waals surface area contributed by atoms with Gasteiger partial charge in [-0.25, -0.2) is 0 Å². The lowest BCUT2D eigenvalue weighted by molar-refractivity contribution is 0.166. The first-order chi connectivity index (χ1) is 4.70. The van der Waals surface area contributed by atoms with Crippen LogP contribution >= 0.6 is 0 Å². The third-order valence-electron chi connectivity index (χ3n) is 1.50. The molecule has 2 atom stereocenters. The molecule has 0 spiro atoms. The molecule has 0 saturated heterocycles. The van der Waals surface area contributed by atoms with Crippen molar-refractivity contribution in [3.05, 3.63) is 12.7 Å². The van der Waals surface area contributed by atoms with Crippen molar-refractivity contribution >= 4 is 0 Å². The van der Waals surface area contributed by atoms with Crippen molar-refractivity contribution in [2.75, 3.05) is 6.54 Å². The molecule has 10 heavy (non-hydrogen) atoms. The minimum absolute atomic E-state index is 0.220. The van der Waals surface area contributed by atoms with E-state index in [2.05, 4.69) is 11.9 Å². The molecular formula is C8H17NO. The number of hydrogen-bond donors (Lipinski definition) is 2. The molecule has 0 aliphatic carbocycles. The molecule has 0 aromatic heterocycles.